The van der Waals surface area contributed by atoms with Crippen LogP contribution in [0.2, 0.25) is 0 Å². The summed E-state index contributed by atoms with van der Waals surface area (Å²) in [4.78, 5) is 30.6. The molecule has 0 saturated carbocycles. The molecule has 1 amide bonds. The number of aryl methyl sites for hydroxylation is 1. The summed E-state index contributed by atoms with van der Waals surface area (Å²) in [7, 11) is 1.86. The molecule has 172 valence electrons. The number of amides is 1. The van der Waals surface area contributed by atoms with Crippen molar-refractivity contribution < 1.29 is 14.7 Å². The van der Waals surface area contributed by atoms with Crippen LogP contribution in [0.25, 0.3) is 11.0 Å². The Bertz CT molecular complexity index is 897. The van der Waals surface area contributed by atoms with Gasteiger partial charge in [0, 0.05) is 44.0 Å². The van der Waals surface area contributed by atoms with Gasteiger partial charge in [0.15, 0.2) is 0 Å². The van der Waals surface area contributed by atoms with Gasteiger partial charge in [0.05, 0.1) is 17.1 Å². The molecule has 8 nitrogen and oxygen atoms in total. The lowest BCUT2D eigenvalue weighted by atomic mass is 10.0. The maximum Gasteiger partial charge on any atom is 0.326 e. The summed E-state index contributed by atoms with van der Waals surface area (Å²) in [5.41, 5.74) is 8.74. The number of aliphatic carboxylic acids is 1. The zero-order valence-corrected chi connectivity index (χ0v) is 19.7. The predicted octanol–water partition coefficient (Wildman–Crippen LogP) is 2.34. The van der Waals surface area contributed by atoms with Gasteiger partial charge in [-0.25, -0.2) is 9.78 Å². The van der Waals surface area contributed by atoms with Gasteiger partial charge in [-0.2, -0.15) is 0 Å². The first-order valence-electron chi connectivity index (χ1n) is 10.3. The molecule has 4 N–H and O–H groups in total. The van der Waals surface area contributed by atoms with Gasteiger partial charge >= 0.3 is 5.97 Å². The van der Waals surface area contributed by atoms with Gasteiger partial charge in [-0.05, 0) is 30.5 Å². The molecule has 2 atom stereocenters. The van der Waals surface area contributed by atoms with E-state index < -0.39 is 24.0 Å². The highest BCUT2D eigenvalue weighted by Gasteiger charge is 2.25. The Morgan fingerprint density at radius 2 is 1.90 bits per heavy atom. The molecular weight excluding hydrogens is 441 g/mol. The van der Waals surface area contributed by atoms with Crippen molar-refractivity contribution in [1.82, 2.24) is 14.9 Å². The number of nitrogens with two attached hydrogens (primary N) is 1. The maximum atomic E-state index is 12.5. The molecule has 0 aliphatic carbocycles. The molecule has 2 rings (SSSR count). The van der Waals surface area contributed by atoms with E-state index in [1.165, 1.54) is 0 Å². The summed E-state index contributed by atoms with van der Waals surface area (Å²) in [6.07, 6.45) is 0.525. The Kier molecular flexibility index (Phi) is 9.40. The Hall–Kier alpha value is -2.03. The van der Waals surface area contributed by atoms with E-state index in [4.69, 9.17) is 28.9 Å². The minimum Gasteiger partial charge on any atom is -0.480 e. The second-order valence-corrected chi connectivity index (χ2v) is 8.72. The third-order valence-electron chi connectivity index (χ3n) is 5.09. The van der Waals surface area contributed by atoms with Gasteiger partial charge in [0.2, 0.25) is 5.91 Å². The molecule has 0 unspecified atom stereocenters. The molecule has 0 aliphatic heterocycles. The standard InChI is InChI=1S/C21H31Cl2N5O3/c1-13(2)10-17(21(30)31)26-20(29)15(24)12-19-25-16-11-14(4-5-18(16)27(19)3)28(8-6-22)9-7-23/h4-5,11,13,15,17H,6-10,12,24H2,1-3H3,(H,26,29)(H,30,31)/t15-,17-/m0/s1. The summed E-state index contributed by atoms with van der Waals surface area (Å²) in [6.45, 7) is 5.14. The van der Waals surface area contributed by atoms with Gasteiger partial charge in [-0.3, -0.25) is 4.79 Å². The summed E-state index contributed by atoms with van der Waals surface area (Å²) in [5, 5.41) is 11.9. The molecular formula is C21H31Cl2N5O3. The first-order chi connectivity index (χ1) is 14.7. The highest BCUT2D eigenvalue weighted by Crippen LogP contribution is 2.23. The first-order valence-corrected chi connectivity index (χ1v) is 11.4. The fourth-order valence-electron chi connectivity index (χ4n) is 3.45. The molecule has 0 aliphatic rings. The average Bonchev–Trinajstić information content (AvgIpc) is 3.01. The van der Waals surface area contributed by atoms with Crippen LogP contribution in [0.3, 0.4) is 0 Å². The van der Waals surface area contributed by atoms with E-state index in [0.717, 1.165) is 16.7 Å². The molecule has 31 heavy (non-hydrogen) atoms. The molecule has 0 fully saturated rings. The van der Waals surface area contributed by atoms with Crippen molar-refractivity contribution >= 4 is 51.8 Å². The second kappa shape index (κ2) is 11.5. The SMILES string of the molecule is CC(C)C[C@H](NC(=O)[C@@H](N)Cc1nc2cc(N(CCCl)CCCl)ccc2n1C)C(=O)O. The zero-order chi connectivity index (χ0) is 23.1. The van der Waals surface area contributed by atoms with Crippen LogP contribution in [0.15, 0.2) is 18.2 Å². The number of aromatic nitrogens is 2. The normalized spacial score (nSPS) is 13.4. The number of halogens is 2. The van der Waals surface area contributed by atoms with Crippen LogP contribution >= 0.6 is 23.2 Å². The van der Waals surface area contributed by atoms with Crippen molar-refractivity contribution in [2.45, 2.75) is 38.8 Å². The van der Waals surface area contributed by atoms with Crippen molar-refractivity contribution in [3.63, 3.8) is 0 Å². The lowest BCUT2D eigenvalue weighted by Crippen LogP contribution is -2.49. The van der Waals surface area contributed by atoms with Crippen LogP contribution in [0.4, 0.5) is 5.69 Å². The average molecular weight is 472 g/mol. The number of alkyl halides is 2. The number of carbonyl (C=O) groups is 2. The third kappa shape index (κ3) is 6.72. The van der Waals surface area contributed by atoms with E-state index >= 15 is 0 Å². The van der Waals surface area contributed by atoms with Crippen LogP contribution in [-0.4, -0.2) is 63.5 Å². The lowest BCUT2D eigenvalue weighted by Gasteiger charge is -2.22. The second-order valence-electron chi connectivity index (χ2n) is 7.96. The molecule has 1 aromatic heterocycles. The molecule has 1 heterocycles. The van der Waals surface area contributed by atoms with Crippen LogP contribution in [0.5, 0.6) is 0 Å². The predicted molar refractivity (Wildman–Crippen MR) is 125 cm³/mol. The number of anilines is 1. The molecule has 0 saturated heterocycles. The van der Waals surface area contributed by atoms with Crippen LogP contribution < -0.4 is 16.0 Å². The van der Waals surface area contributed by atoms with Gasteiger partial charge in [0.25, 0.3) is 0 Å². The monoisotopic (exact) mass is 471 g/mol. The van der Waals surface area contributed by atoms with E-state index in [0.29, 0.717) is 37.1 Å². The minimum atomic E-state index is -1.07. The van der Waals surface area contributed by atoms with Crippen molar-refractivity contribution in [2.24, 2.45) is 18.7 Å². The smallest absolute Gasteiger partial charge is 0.326 e. The summed E-state index contributed by atoms with van der Waals surface area (Å²) < 4.78 is 1.89. The highest BCUT2D eigenvalue weighted by atomic mass is 35.5. The molecule has 1 aromatic carbocycles. The number of benzene rings is 1. The largest absolute Gasteiger partial charge is 0.480 e. The number of rotatable bonds is 12. The van der Waals surface area contributed by atoms with Crippen LogP contribution in [0, 0.1) is 5.92 Å². The first kappa shape index (κ1) is 25.2. The number of fused-ring (bicyclic) bond motifs is 1. The number of nitrogens with zero attached hydrogens (tertiary/aromatic N) is 3. The van der Waals surface area contributed by atoms with E-state index in [1.54, 1.807) is 0 Å². The van der Waals surface area contributed by atoms with E-state index in [-0.39, 0.29) is 12.3 Å². The van der Waals surface area contributed by atoms with Gasteiger partial charge in [-0.1, -0.05) is 13.8 Å². The number of imidazole rings is 1. The Balaban J connectivity index is 2.17. The number of carboxylic acids is 1. The van der Waals surface area contributed by atoms with Crippen molar-refractivity contribution in [2.75, 3.05) is 29.7 Å². The Labute approximate surface area is 192 Å². The van der Waals surface area contributed by atoms with Gasteiger partial charge in [-0.15, -0.1) is 23.2 Å². The Morgan fingerprint density at radius 1 is 1.26 bits per heavy atom. The number of hydrogen-bond donors (Lipinski definition) is 3. The molecule has 0 spiro atoms. The molecule has 0 bridgehead atoms. The zero-order valence-electron chi connectivity index (χ0n) is 18.1. The molecule has 2 aromatic rings. The minimum absolute atomic E-state index is 0.129. The topological polar surface area (TPSA) is 113 Å². The summed E-state index contributed by atoms with van der Waals surface area (Å²) in [6, 6.07) is 4.05. The van der Waals surface area contributed by atoms with Crippen molar-refractivity contribution in [1.29, 1.82) is 0 Å². The fraction of sp³-hybridized carbons (Fsp3) is 0.571. The highest BCUT2D eigenvalue weighted by molar-refractivity contribution is 6.18. The van der Waals surface area contributed by atoms with Gasteiger partial charge in [0.1, 0.15) is 11.9 Å². The lowest BCUT2D eigenvalue weighted by molar-refractivity contribution is -0.142. The van der Waals surface area contributed by atoms with Crippen molar-refractivity contribution in [3.05, 3.63) is 24.0 Å². The summed E-state index contributed by atoms with van der Waals surface area (Å²) >= 11 is 11.8. The van der Waals surface area contributed by atoms with Crippen LogP contribution in [-0.2, 0) is 23.1 Å². The Morgan fingerprint density at radius 3 is 2.45 bits per heavy atom. The number of carbonyl (C=O) groups excluding carboxylic acids is 1. The van der Waals surface area contributed by atoms with Gasteiger partial charge < -0.3 is 25.6 Å². The maximum absolute atomic E-state index is 12.5. The number of carboxylic acid groups (broad SMARTS) is 1. The van der Waals surface area contributed by atoms with Crippen LogP contribution in [0.1, 0.15) is 26.1 Å². The molecule has 0 radical (unpaired) electrons. The van der Waals surface area contributed by atoms with E-state index in [9.17, 15) is 14.7 Å². The van der Waals surface area contributed by atoms with Crippen molar-refractivity contribution in [3.8, 4) is 0 Å². The quantitative estimate of drug-likeness (QED) is 0.409. The number of nitrogens with one attached hydrogen (secondary N) is 1. The van der Waals surface area contributed by atoms with E-state index in [2.05, 4.69) is 15.2 Å². The summed E-state index contributed by atoms with van der Waals surface area (Å²) in [5.74, 6) is 0.177. The molecule has 10 heteroatoms. The number of hydrogen-bond acceptors (Lipinski definition) is 5. The van der Waals surface area contributed by atoms with E-state index in [1.807, 2.05) is 43.7 Å². The third-order valence-corrected chi connectivity index (χ3v) is 5.43. The fourth-order valence-corrected chi connectivity index (χ4v) is 3.86.